The first-order valence-electron chi connectivity index (χ1n) is 10.1. The van der Waals surface area contributed by atoms with Gasteiger partial charge in [0, 0.05) is 11.9 Å². The number of hydrogen-bond donors (Lipinski definition) is 1. The zero-order chi connectivity index (χ0) is 21.4. The molecule has 7 nitrogen and oxygen atoms in total. The Hall–Kier alpha value is -4.00. The van der Waals surface area contributed by atoms with Gasteiger partial charge in [-0.05, 0) is 48.9 Å². The lowest BCUT2D eigenvalue weighted by Crippen LogP contribution is -2.31. The first kappa shape index (κ1) is 19.0. The maximum absolute atomic E-state index is 13.4. The molecule has 3 heterocycles. The number of anilines is 2. The zero-order valence-electron chi connectivity index (χ0n) is 17.0. The molecule has 7 heteroatoms. The third kappa shape index (κ3) is 3.54. The standard InChI is InChI=1S/C24H21N5O2/c1-16-7-6-9-17(13-16)26-22(30)14-21-23(31)28(15-18-8-4-5-12-25-18)24-27-19-10-2-3-11-20(19)29(21)24/h2-13,21H,14-15H2,1H3,(H,26,30)/t21-/m0/s1. The second kappa shape index (κ2) is 7.68. The molecule has 0 aliphatic carbocycles. The van der Waals surface area contributed by atoms with Crippen LogP contribution in [0.2, 0.25) is 0 Å². The highest BCUT2D eigenvalue weighted by Gasteiger charge is 2.41. The fourth-order valence-electron chi connectivity index (χ4n) is 4.01. The van der Waals surface area contributed by atoms with Gasteiger partial charge in [0.1, 0.15) is 6.04 Å². The number of aromatic nitrogens is 3. The van der Waals surface area contributed by atoms with E-state index in [1.165, 1.54) is 0 Å². The molecule has 0 saturated carbocycles. The number of benzene rings is 2. The number of para-hydroxylation sites is 2. The van der Waals surface area contributed by atoms with Gasteiger partial charge in [-0.1, -0.05) is 30.3 Å². The summed E-state index contributed by atoms with van der Waals surface area (Å²) in [7, 11) is 0. The Labute approximate surface area is 179 Å². The van der Waals surface area contributed by atoms with Crippen molar-refractivity contribution in [3.05, 3.63) is 84.2 Å². The minimum absolute atomic E-state index is 0.0266. The molecule has 1 atom stereocenters. The average Bonchev–Trinajstić information content (AvgIpc) is 3.25. The van der Waals surface area contributed by atoms with Crippen molar-refractivity contribution in [2.45, 2.75) is 25.9 Å². The van der Waals surface area contributed by atoms with Crippen molar-refractivity contribution >= 4 is 34.5 Å². The summed E-state index contributed by atoms with van der Waals surface area (Å²) in [6, 6.07) is 20.2. The molecule has 2 amide bonds. The zero-order valence-corrected chi connectivity index (χ0v) is 17.0. The predicted octanol–water partition coefficient (Wildman–Crippen LogP) is 3.86. The SMILES string of the molecule is Cc1cccc(NC(=O)C[C@H]2C(=O)N(Cc3ccccn3)c3nc4ccccc4n32)c1. The molecule has 1 aliphatic rings. The Morgan fingerprint density at radius 2 is 1.90 bits per heavy atom. The Kier molecular flexibility index (Phi) is 4.71. The molecule has 1 N–H and O–H groups in total. The van der Waals surface area contributed by atoms with Gasteiger partial charge in [-0.3, -0.25) is 24.0 Å². The number of amides is 2. The second-order valence-electron chi connectivity index (χ2n) is 7.65. The molecule has 1 aliphatic heterocycles. The molecule has 0 saturated heterocycles. The summed E-state index contributed by atoms with van der Waals surface area (Å²) >= 11 is 0. The molecule has 0 fully saturated rings. The van der Waals surface area contributed by atoms with Crippen molar-refractivity contribution in [3.63, 3.8) is 0 Å². The van der Waals surface area contributed by atoms with Crippen LogP contribution in [0, 0.1) is 6.92 Å². The number of fused-ring (bicyclic) bond motifs is 3. The molecule has 154 valence electrons. The Morgan fingerprint density at radius 3 is 2.71 bits per heavy atom. The van der Waals surface area contributed by atoms with Crippen LogP contribution in [0.1, 0.15) is 23.7 Å². The van der Waals surface area contributed by atoms with Crippen LogP contribution in [0.4, 0.5) is 11.6 Å². The van der Waals surface area contributed by atoms with Gasteiger partial charge in [-0.15, -0.1) is 0 Å². The van der Waals surface area contributed by atoms with E-state index in [-0.39, 0.29) is 18.2 Å². The number of rotatable bonds is 5. The molecule has 2 aromatic carbocycles. The van der Waals surface area contributed by atoms with Crippen LogP contribution >= 0.6 is 0 Å². The third-order valence-electron chi connectivity index (χ3n) is 5.41. The fourth-order valence-corrected chi connectivity index (χ4v) is 4.01. The second-order valence-corrected chi connectivity index (χ2v) is 7.65. The van der Waals surface area contributed by atoms with Crippen molar-refractivity contribution < 1.29 is 9.59 Å². The van der Waals surface area contributed by atoms with Crippen LogP contribution in [0.5, 0.6) is 0 Å². The number of aryl methyl sites for hydroxylation is 1. The van der Waals surface area contributed by atoms with Crippen molar-refractivity contribution in [1.29, 1.82) is 0 Å². The topological polar surface area (TPSA) is 80.1 Å². The molecule has 2 aromatic heterocycles. The normalized spacial score (nSPS) is 15.3. The Bertz CT molecular complexity index is 1280. The van der Waals surface area contributed by atoms with E-state index in [1.807, 2.05) is 78.2 Å². The van der Waals surface area contributed by atoms with Crippen LogP contribution in [0.15, 0.2) is 72.9 Å². The number of hydrogen-bond acceptors (Lipinski definition) is 4. The summed E-state index contributed by atoms with van der Waals surface area (Å²) in [6.45, 7) is 2.27. The maximum atomic E-state index is 13.4. The van der Waals surface area contributed by atoms with Gasteiger partial charge in [0.2, 0.25) is 11.9 Å². The molecule has 0 unspecified atom stereocenters. The highest BCUT2D eigenvalue weighted by atomic mass is 16.2. The number of nitrogens with zero attached hydrogens (tertiary/aromatic N) is 4. The highest BCUT2D eigenvalue weighted by molar-refractivity contribution is 6.05. The van der Waals surface area contributed by atoms with Crippen LogP contribution in [-0.2, 0) is 16.1 Å². The van der Waals surface area contributed by atoms with E-state index < -0.39 is 6.04 Å². The summed E-state index contributed by atoms with van der Waals surface area (Å²) < 4.78 is 1.87. The van der Waals surface area contributed by atoms with E-state index >= 15 is 0 Å². The van der Waals surface area contributed by atoms with Gasteiger partial charge in [0.25, 0.3) is 5.91 Å². The van der Waals surface area contributed by atoms with Crippen molar-refractivity contribution in [3.8, 4) is 0 Å². The van der Waals surface area contributed by atoms with Gasteiger partial charge in [0.15, 0.2) is 0 Å². The van der Waals surface area contributed by atoms with E-state index in [9.17, 15) is 9.59 Å². The fraction of sp³-hybridized carbons (Fsp3) is 0.167. The Morgan fingerprint density at radius 1 is 1.06 bits per heavy atom. The van der Waals surface area contributed by atoms with Crippen LogP contribution < -0.4 is 10.2 Å². The third-order valence-corrected chi connectivity index (χ3v) is 5.41. The molecule has 0 spiro atoms. The quantitative estimate of drug-likeness (QED) is 0.541. The summed E-state index contributed by atoms with van der Waals surface area (Å²) in [6.07, 6.45) is 1.73. The van der Waals surface area contributed by atoms with Crippen molar-refractivity contribution in [2.24, 2.45) is 0 Å². The lowest BCUT2D eigenvalue weighted by Gasteiger charge is -2.15. The minimum Gasteiger partial charge on any atom is -0.326 e. The van der Waals surface area contributed by atoms with E-state index in [4.69, 9.17) is 0 Å². The molecule has 31 heavy (non-hydrogen) atoms. The maximum Gasteiger partial charge on any atom is 0.253 e. The number of carbonyl (C=O) groups excluding carboxylic acids is 2. The number of nitrogens with one attached hydrogen (secondary N) is 1. The molecular weight excluding hydrogens is 390 g/mol. The molecule has 0 bridgehead atoms. The van der Waals surface area contributed by atoms with Crippen molar-refractivity contribution in [2.75, 3.05) is 10.2 Å². The summed E-state index contributed by atoms with van der Waals surface area (Å²) in [5.74, 6) is 0.177. The number of pyridine rings is 1. The van der Waals surface area contributed by atoms with Gasteiger partial charge >= 0.3 is 0 Å². The molecule has 5 rings (SSSR count). The number of imidazole rings is 1. The highest BCUT2D eigenvalue weighted by Crippen LogP contribution is 2.37. The van der Waals surface area contributed by atoms with E-state index in [2.05, 4.69) is 15.3 Å². The van der Waals surface area contributed by atoms with Gasteiger partial charge in [-0.25, -0.2) is 4.98 Å². The summed E-state index contributed by atoms with van der Waals surface area (Å²) in [5.41, 5.74) is 4.16. The van der Waals surface area contributed by atoms with E-state index in [0.29, 0.717) is 12.5 Å². The van der Waals surface area contributed by atoms with Crippen LogP contribution in [0.25, 0.3) is 11.0 Å². The summed E-state index contributed by atoms with van der Waals surface area (Å²) in [5, 5.41) is 2.91. The minimum atomic E-state index is -0.657. The summed E-state index contributed by atoms with van der Waals surface area (Å²) in [4.78, 5) is 36.8. The largest absolute Gasteiger partial charge is 0.326 e. The lowest BCUT2D eigenvalue weighted by molar-refractivity contribution is -0.124. The molecule has 0 radical (unpaired) electrons. The van der Waals surface area contributed by atoms with Gasteiger partial charge < -0.3 is 5.32 Å². The van der Waals surface area contributed by atoms with Gasteiger partial charge in [0.05, 0.1) is 29.7 Å². The predicted molar refractivity (Wildman–Crippen MR) is 119 cm³/mol. The van der Waals surface area contributed by atoms with E-state index in [0.717, 1.165) is 28.0 Å². The monoisotopic (exact) mass is 411 g/mol. The van der Waals surface area contributed by atoms with Crippen LogP contribution in [-0.4, -0.2) is 26.3 Å². The van der Waals surface area contributed by atoms with E-state index in [1.54, 1.807) is 11.1 Å². The Balaban J connectivity index is 1.47. The number of carbonyl (C=O) groups is 2. The smallest absolute Gasteiger partial charge is 0.253 e. The molecular formula is C24H21N5O2. The average molecular weight is 411 g/mol. The molecule has 4 aromatic rings. The first-order valence-corrected chi connectivity index (χ1v) is 10.1. The first-order chi connectivity index (χ1) is 15.1. The van der Waals surface area contributed by atoms with Gasteiger partial charge in [-0.2, -0.15) is 0 Å². The van der Waals surface area contributed by atoms with Crippen molar-refractivity contribution in [1.82, 2.24) is 14.5 Å². The lowest BCUT2D eigenvalue weighted by atomic mass is 10.1. The van der Waals surface area contributed by atoms with Crippen LogP contribution in [0.3, 0.4) is 0 Å².